The fourth-order valence-electron chi connectivity index (χ4n) is 1.01. The number of rotatable bonds is 6. The second kappa shape index (κ2) is 15.6. The molecule has 0 aromatic rings. The Morgan fingerprint density at radius 1 is 1.40 bits per heavy atom. The maximum atomic E-state index is 10.5. The molecule has 1 saturated heterocycles. The Labute approximate surface area is 147 Å². The van der Waals surface area contributed by atoms with E-state index in [0.29, 0.717) is 13.0 Å². The number of carbonyl (C=O) groups is 3. The maximum Gasteiger partial charge on any atom is 0.508 e. The van der Waals surface area contributed by atoms with Crippen molar-refractivity contribution in [2.45, 2.75) is 52.6 Å². The summed E-state index contributed by atoms with van der Waals surface area (Å²) >= 11 is 0. The molecule has 0 saturated carbocycles. The first-order chi connectivity index (χ1) is 11.7. The number of aliphatic hydroxyl groups excluding tert-OH is 2. The number of amides is 1. The minimum absolute atomic E-state index is 0.0101. The predicted molar refractivity (Wildman–Crippen MR) is 86.9 cm³/mol. The van der Waals surface area contributed by atoms with E-state index in [4.69, 9.17) is 10.2 Å². The SMILES string of the molecule is CC1COC(=O)O1.CCC(=O)COC(C)O.CNC(=O)OC(C)CO. The van der Waals surface area contributed by atoms with Gasteiger partial charge in [0, 0.05) is 13.5 Å². The minimum atomic E-state index is -0.833. The van der Waals surface area contributed by atoms with Crippen molar-refractivity contribution in [2.75, 3.05) is 26.9 Å². The van der Waals surface area contributed by atoms with Crippen LogP contribution in [0.2, 0.25) is 0 Å². The molecule has 0 spiro atoms. The number of cyclic esters (lactones) is 2. The number of alkyl carbamates (subject to hydrolysis) is 1. The summed E-state index contributed by atoms with van der Waals surface area (Å²) in [6.45, 7) is 6.90. The Kier molecular flexibility index (Phi) is 15.8. The molecular formula is C15H29NO9. The molecule has 25 heavy (non-hydrogen) atoms. The zero-order chi connectivity index (χ0) is 19.8. The normalized spacial score (nSPS) is 17.4. The lowest BCUT2D eigenvalue weighted by Crippen LogP contribution is -2.26. The van der Waals surface area contributed by atoms with E-state index in [-0.39, 0.29) is 25.1 Å². The van der Waals surface area contributed by atoms with Crippen molar-refractivity contribution < 1.29 is 43.5 Å². The van der Waals surface area contributed by atoms with Gasteiger partial charge in [-0.25, -0.2) is 9.59 Å². The van der Waals surface area contributed by atoms with Crippen molar-refractivity contribution in [1.29, 1.82) is 0 Å². The van der Waals surface area contributed by atoms with Gasteiger partial charge in [0.15, 0.2) is 12.1 Å². The number of hydrogen-bond acceptors (Lipinski definition) is 9. The van der Waals surface area contributed by atoms with Crippen LogP contribution in [0.15, 0.2) is 0 Å². The third-order valence-electron chi connectivity index (χ3n) is 2.38. The Bertz CT molecular complexity index is 387. The largest absolute Gasteiger partial charge is 0.508 e. The molecular weight excluding hydrogens is 338 g/mol. The lowest BCUT2D eigenvalue weighted by Gasteiger charge is -2.08. The molecule has 0 aliphatic carbocycles. The molecule has 1 aliphatic heterocycles. The number of aliphatic hydroxyl groups is 2. The van der Waals surface area contributed by atoms with Gasteiger partial charge in [-0.05, 0) is 20.8 Å². The van der Waals surface area contributed by atoms with Crippen LogP contribution in [0, 0.1) is 0 Å². The van der Waals surface area contributed by atoms with Crippen LogP contribution >= 0.6 is 0 Å². The number of carbonyl (C=O) groups excluding carboxylic acids is 3. The number of nitrogens with one attached hydrogen (secondary N) is 1. The molecule has 3 N–H and O–H groups in total. The van der Waals surface area contributed by atoms with Gasteiger partial charge in [0.05, 0.1) is 6.61 Å². The van der Waals surface area contributed by atoms with Crippen LogP contribution in [0.4, 0.5) is 9.59 Å². The van der Waals surface area contributed by atoms with Gasteiger partial charge in [0.25, 0.3) is 0 Å². The smallest absolute Gasteiger partial charge is 0.444 e. The lowest BCUT2D eigenvalue weighted by molar-refractivity contribution is -0.135. The minimum Gasteiger partial charge on any atom is -0.444 e. The molecule has 0 bridgehead atoms. The van der Waals surface area contributed by atoms with Crippen LogP contribution in [0.3, 0.4) is 0 Å². The highest BCUT2D eigenvalue weighted by Crippen LogP contribution is 2.02. The van der Waals surface area contributed by atoms with E-state index < -0.39 is 24.6 Å². The molecule has 1 aliphatic rings. The van der Waals surface area contributed by atoms with E-state index in [9.17, 15) is 14.4 Å². The van der Waals surface area contributed by atoms with E-state index in [2.05, 4.69) is 24.3 Å². The van der Waals surface area contributed by atoms with Crippen molar-refractivity contribution in [3.8, 4) is 0 Å². The molecule has 0 aromatic carbocycles. The zero-order valence-electron chi connectivity index (χ0n) is 15.3. The molecule has 3 atom stereocenters. The van der Waals surface area contributed by atoms with E-state index in [1.807, 2.05) is 0 Å². The molecule has 10 nitrogen and oxygen atoms in total. The fraction of sp³-hybridized carbons (Fsp3) is 0.800. The number of ether oxygens (including phenoxy) is 4. The first-order valence-corrected chi connectivity index (χ1v) is 7.80. The van der Waals surface area contributed by atoms with Gasteiger partial charge in [0.2, 0.25) is 0 Å². The van der Waals surface area contributed by atoms with E-state index in [1.54, 1.807) is 20.8 Å². The van der Waals surface area contributed by atoms with E-state index in [1.165, 1.54) is 14.0 Å². The summed E-state index contributed by atoms with van der Waals surface area (Å²) in [5.41, 5.74) is 0. The summed E-state index contributed by atoms with van der Waals surface area (Å²) in [6.07, 6.45) is -1.91. The summed E-state index contributed by atoms with van der Waals surface area (Å²) < 4.78 is 18.1. The van der Waals surface area contributed by atoms with Gasteiger partial charge in [0.1, 0.15) is 25.4 Å². The van der Waals surface area contributed by atoms with Crippen molar-refractivity contribution in [3.63, 3.8) is 0 Å². The Balaban J connectivity index is 0. The van der Waals surface area contributed by atoms with Crippen molar-refractivity contribution in [1.82, 2.24) is 5.32 Å². The van der Waals surface area contributed by atoms with Crippen LogP contribution < -0.4 is 5.32 Å². The molecule has 10 heteroatoms. The summed E-state index contributed by atoms with van der Waals surface area (Å²) in [5.74, 6) is 0.0101. The number of Topliss-reactive ketones (excluding diaryl/α,β-unsaturated/α-hetero) is 1. The van der Waals surface area contributed by atoms with Gasteiger partial charge >= 0.3 is 12.2 Å². The maximum absolute atomic E-state index is 10.5. The predicted octanol–water partition coefficient (Wildman–Crippen LogP) is 0.585. The van der Waals surface area contributed by atoms with E-state index in [0.717, 1.165) is 0 Å². The second-order valence-electron chi connectivity index (χ2n) is 4.94. The number of hydrogen-bond donors (Lipinski definition) is 3. The van der Waals surface area contributed by atoms with Gasteiger partial charge in [-0.3, -0.25) is 4.79 Å². The van der Waals surface area contributed by atoms with Crippen LogP contribution in [-0.2, 0) is 23.7 Å². The quantitative estimate of drug-likeness (QED) is 0.454. The molecule has 1 fully saturated rings. The summed E-state index contributed by atoms with van der Waals surface area (Å²) in [5, 5.41) is 19.2. The monoisotopic (exact) mass is 367 g/mol. The van der Waals surface area contributed by atoms with Gasteiger partial charge in [-0.1, -0.05) is 6.92 Å². The van der Waals surface area contributed by atoms with Crippen LogP contribution in [0.1, 0.15) is 34.1 Å². The van der Waals surface area contributed by atoms with Crippen LogP contribution in [-0.4, -0.2) is 73.6 Å². The topological polar surface area (TPSA) is 141 Å². The average Bonchev–Trinajstić information content (AvgIpc) is 2.96. The van der Waals surface area contributed by atoms with E-state index >= 15 is 0 Å². The molecule has 148 valence electrons. The average molecular weight is 367 g/mol. The molecule has 0 aromatic heterocycles. The highest BCUT2D eigenvalue weighted by molar-refractivity contribution is 5.79. The zero-order valence-corrected chi connectivity index (χ0v) is 15.3. The standard InChI is InChI=1S/C6H12O3.C5H11NO3.C4H6O3/c1-3-6(8)4-9-5(2)7;1-4(3-7)9-5(8)6-2;1-3-2-6-4(5)7-3/h5,7H,3-4H2,1-2H3;4,7H,3H2,1-2H3,(H,6,8);3H,2H2,1H3. The Morgan fingerprint density at radius 2 is 2.00 bits per heavy atom. The van der Waals surface area contributed by atoms with Gasteiger partial charge in [-0.2, -0.15) is 0 Å². The highest BCUT2D eigenvalue weighted by Gasteiger charge is 2.19. The summed E-state index contributed by atoms with van der Waals surface area (Å²) in [4.78, 5) is 30.8. The molecule has 1 heterocycles. The Hall–Kier alpha value is -1.91. The van der Waals surface area contributed by atoms with Crippen molar-refractivity contribution in [3.05, 3.63) is 0 Å². The molecule has 1 amide bonds. The molecule has 3 unspecified atom stereocenters. The van der Waals surface area contributed by atoms with Crippen molar-refractivity contribution in [2.24, 2.45) is 0 Å². The summed E-state index contributed by atoms with van der Waals surface area (Å²) in [7, 11) is 1.46. The van der Waals surface area contributed by atoms with Crippen molar-refractivity contribution >= 4 is 18.0 Å². The third kappa shape index (κ3) is 18.3. The van der Waals surface area contributed by atoms with Gasteiger partial charge in [-0.15, -0.1) is 0 Å². The number of ketones is 1. The Morgan fingerprint density at radius 3 is 2.28 bits per heavy atom. The summed E-state index contributed by atoms with van der Waals surface area (Å²) in [6, 6.07) is 0. The van der Waals surface area contributed by atoms with Crippen LogP contribution in [0.25, 0.3) is 0 Å². The first kappa shape index (κ1) is 25.3. The second-order valence-corrected chi connectivity index (χ2v) is 4.94. The van der Waals surface area contributed by atoms with Gasteiger partial charge < -0.3 is 34.5 Å². The lowest BCUT2D eigenvalue weighted by atomic mass is 10.3. The molecule has 1 rings (SSSR count). The third-order valence-corrected chi connectivity index (χ3v) is 2.38. The highest BCUT2D eigenvalue weighted by atomic mass is 16.8. The molecule has 0 radical (unpaired) electrons. The van der Waals surface area contributed by atoms with Crippen LogP contribution in [0.5, 0.6) is 0 Å². The fourth-order valence-corrected chi connectivity index (χ4v) is 1.01. The first-order valence-electron chi connectivity index (χ1n) is 7.80.